The second kappa shape index (κ2) is 21.0. The van der Waals surface area contributed by atoms with E-state index in [0.29, 0.717) is 6.42 Å². The maximum Gasteiger partial charge on any atom is 0.265 e. The number of aromatic nitrogens is 1. The largest absolute Gasteiger partial charge is 0.507 e. The second-order valence-electron chi connectivity index (χ2n) is 15.4. The first kappa shape index (κ1) is 47.2. The molecular weight excluding hydrogens is 732 g/mol. The van der Waals surface area contributed by atoms with Gasteiger partial charge in [-0.15, -0.1) is 0 Å². The van der Waals surface area contributed by atoms with Crippen molar-refractivity contribution in [1.82, 2.24) is 9.88 Å². The monoisotopic (exact) mass is 794 g/mol. The van der Waals surface area contributed by atoms with Crippen molar-refractivity contribution in [2.24, 2.45) is 24.3 Å². The van der Waals surface area contributed by atoms with Gasteiger partial charge in [-0.25, -0.2) is 0 Å². The number of pyridine rings is 1. The van der Waals surface area contributed by atoms with Gasteiger partial charge in [-0.3, -0.25) is 14.4 Å². The molecule has 6 N–H and O–H groups in total. The second-order valence-corrected chi connectivity index (χ2v) is 15.4. The number of Topliss-reactive ketones (excluding diaryl/α,β-unsaturated/α-hetero) is 1. The number of aromatic hydroxyl groups is 1. The quantitative estimate of drug-likeness (QED) is 0.0755. The number of aryl methyl sites for hydroxylation is 1. The third-order valence-corrected chi connectivity index (χ3v) is 10.9. The predicted molar refractivity (Wildman–Crippen MR) is 218 cm³/mol. The smallest absolute Gasteiger partial charge is 0.265 e. The van der Waals surface area contributed by atoms with Crippen molar-refractivity contribution in [1.29, 1.82) is 0 Å². The minimum atomic E-state index is -1.86. The van der Waals surface area contributed by atoms with Gasteiger partial charge in [0.1, 0.15) is 29.6 Å². The number of carbonyl (C=O) groups excluding carboxylic acids is 2. The number of rotatable bonds is 17. The van der Waals surface area contributed by atoms with Gasteiger partial charge in [0.25, 0.3) is 5.56 Å². The Morgan fingerprint density at radius 3 is 2.39 bits per heavy atom. The van der Waals surface area contributed by atoms with Crippen molar-refractivity contribution < 1.29 is 49.3 Å². The van der Waals surface area contributed by atoms with Crippen LogP contribution in [0, 0.1) is 17.3 Å². The van der Waals surface area contributed by atoms with Crippen molar-refractivity contribution in [3.8, 4) is 5.75 Å². The van der Waals surface area contributed by atoms with Gasteiger partial charge in [-0.1, -0.05) is 101 Å². The highest BCUT2D eigenvalue weighted by molar-refractivity contribution is 6.09. The van der Waals surface area contributed by atoms with Gasteiger partial charge in [-0.05, 0) is 44.4 Å². The summed E-state index contributed by atoms with van der Waals surface area (Å²) in [5.41, 5.74) is -0.547. The van der Waals surface area contributed by atoms with Crippen LogP contribution in [0.25, 0.3) is 0 Å². The first-order valence-electron chi connectivity index (χ1n) is 19.3. The Kier molecular flexibility index (Phi) is 17.4. The fraction of sp³-hybridized carbons (Fsp3) is 0.523. The van der Waals surface area contributed by atoms with Gasteiger partial charge in [0, 0.05) is 44.7 Å². The summed E-state index contributed by atoms with van der Waals surface area (Å²) in [5, 5.41) is 57.0. The normalized spacial score (nSPS) is 28.9. The number of aliphatic hydroxyl groups excluding tert-OH is 3. The van der Waals surface area contributed by atoms with E-state index in [1.165, 1.54) is 36.9 Å². The molecule has 1 aromatic heterocycles. The first-order valence-corrected chi connectivity index (χ1v) is 19.3. The number of nitrogens with zero attached hydrogens (tertiary/aromatic N) is 1. The van der Waals surface area contributed by atoms with Gasteiger partial charge >= 0.3 is 0 Å². The first-order chi connectivity index (χ1) is 26.9. The van der Waals surface area contributed by atoms with Crippen molar-refractivity contribution in [2.45, 2.75) is 110 Å². The molecule has 0 bridgehead atoms. The molecule has 2 saturated heterocycles. The van der Waals surface area contributed by atoms with Crippen LogP contribution in [0.5, 0.6) is 5.75 Å². The van der Waals surface area contributed by atoms with Crippen LogP contribution in [0.2, 0.25) is 0 Å². The molecule has 2 aliphatic rings. The van der Waals surface area contributed by atoms with Crippen LogP contribution < -0.4 is 10.9 Å². The molecule has 13 nitrogen and oxygen atoms in total. The molecule has 10 unspecified atom stereocenters. The number of hydrogen-bond donors (Lipinski definition) is 6. The lowest BCUT2D eigenvalue weighted by atomic mass is 9.72. The third-order valence-electron chi connectivity index (χ3n) is 10.9. The van der Waals surface area contributed by atoms with E-state index in [0.717, 1.165) is 5.57 Å². The number of hydrogen-bond acceptors (Lipinski definition) is 11. The number of nitrogens with one attached hydrogen (secondary N) is 1. The highest BCUT2D eigenvalue weighted by Gasteiger charge is 2.54. The van der Waals surface area contributed by atoms with Crippen molar-refractivity contribution in [3.05, 3.63) is 112 Å². The van der Waals surface area contributed by atoms with E-state index in [4.69, 9.17) is 14.2 Å². The van der Waals surface area contributed by atoms with E-state index in [-0.39, 0.29) is 30.0 Å². The standard InChI is InChI=1S/C44H62N2O11/c1-10-12-14-22-34-43(6,7)33(48)26-44(54,57-34)30(11-2)41(52)45-24-18-17-20-28(4)39(55-9)29(5)40-38(51)37(50)32(56-40)21-16-13-15-19-27(3)36(49)35-31(47)23-25-46(8)42(35)53/h10,12-23,25,29-30,32-34,37-40,47-48,50-51,54H,11,24,26H2,1-9H3,(H,45,52)/b12-10+,15-13+,18-17+,21-16+,22-14+,27-19+,28-20+. The van der Waals surface area contributed by atoms with Crippen LogP contribution in [0.4, 0.5) is 0 Å². The minimum Gasteiger partial charge on any atom is -0.507 e. The molecule has 1 amide bonds. The van der Waals surface area contributed by atoms with Gasteiger partial charge < -0.3 is 49.6 Å². The molecule has 2 aliphatic heterocycles. The number of carbonyl (C=O) groups is 2. The molecule has 3 rings (SSSR count). The zero-order chi connectivity index (χ0) is 42.7. The molecule has 0 aliphatic carbocycles. The zero-order valence-electron chi connectivity index (χ0n) is 34.5. The maximum absolute atomic E-state index is 13.3. The Morgan fingerprint density at radius 1 is 1.05 bits per heavy atom. The van der Waals surface area contributed by atoms with Crippen LogP contribution in [0.3, 0.4) is 0 Å². The maximum atomic E-state index is 13.3. The lowest BCUT2D eigenvalue weighted by molar-refractivity contribution is -0.314. The average Bonchev–Trinajstić information content (AvgIpc) is 3.44. The topological polar surface area (TPSA) is 197 Å². The Bertz CT molecular complexity index is 1820. The Hall–Kier alpha value is -4.21. The summed E-state index contributed by atoms with van der Waals surface area (Å²) in [5.74, 6) is -4.55. The van der Waals surface area contributed by atoms with Crippen LogP contribution in [-0.2, 0) is 26.1 Å². The van der Waals surface area contributed by atoms with Gasteiger partial charge in [0.05, 0.1) is 30.3 Å². The summed E-state index contributed by atoms with van der Waals surface area (Å²) < 4.78 is 19.2. The third kappa shape index (κ3) is 11.5. The molecule has 0 radical (unpaired) electrons. The molecule has 57 heavy (non-hydrogen) atoms. The van der Waals surface area contributed by atoms with Gasteiger partial charge in [-0.2, -0.15) is 0 Å². The number of allylic oxidation sites excluding steroid dienone is 10. The molecule has 3 heterocycles. The lowest BCUT2D eigenvalue weighted by Crippen LogP contribution is -2.60. The summed E-state index contributed by atoms with van der Waals surface area (Å²) in [6.07, 6.45) is 16.0. The van der Waals surface area contributed by atoms with Crippen LogP contribution in [0.1, 0.15) is 71.7 Å². The summed E-state index contributed by atoms with van der Waals surface area (Å²) in [4.78, 5) is 38.4. The fourth-order valence-corrected chi connectivity index (χ4v) is 7.17. The molecule has 1 aromatic rings. The van der Waals surface area contributed by atoms with Crippen molar-refractivity contribution in [2.75, 3.05) is 13.7 Å². The van der Waals surface area contributed by atoms with E-state index in [2.05, 4.69) is 5.32 Å². The fourth-order valence-electron chi connectivity index (χ4n) is 7.17. The molecule has 314 valence electrons. The Labute approximate surface area is 336 Å². The summed E-state index contributed by atoms with van der Waals surface area (Å²) in [6.45, 7) is 12.8. The van der Waals surface area contributed by atoms with Crippen LogP contribution in [-0.4, -0.2) is 104 Å². The lowest BCUT2D eigenvalue weighted by Gasteiger charge is -2.50. The number of amides is 1. The SMILES string of the molecule is C/C=C/C=C/C1OC(O)(C(CC)C(=O)NC/C=C/C=C(\C)C(OC)C(C)C2OC(/C=C/C=C/C=C(\C)C(=O)c3c(O)ccn(C)c3=O)C(O)C2O)CC(O)C1(C)C. The molecule has 13 heteroatoms. The van der Waals surface area contributed by atoms with E-state index >= 15 is 0 Å². The van der Waals surface area contributed by atoms with Crippen molar-refractivity contribution in [3.63, 3.8) is 0 Å². The molecule has 0 aromatic carbocycles. The van der Waals surface area contributed by atoms with Crippen molar-refractivity contribution >= 4 is 11.7 Å². The Balaban J connectivity index is 1.59. The zero-order valence-corrected chi connectivity index (χ0v) is 34.5. The number of methoxy groups -OCH3 is 1. The predicted octanol–water partition coefficient (Wildman–Crippen LogP) is 4.11. The molecular formula is C44H62N2O11. The van der Waals surface area contributed by atoms with E-state index in [9.17, 15) is 39.9 Å². The summed E-state index contributed by atoms with van der Waals surface area (Å²) in [6, 6.07) is 1.28. The average molecular weight is 795 g/mol. The van der Waals surface area contributed by atoms with Crippen LogP contribution >= 0.6 is 0 Å². The van der Waals surface area contributed by atoms with E-state index in [1.807, 2.05) is 52.8 Å². The van der Waals surface area contributed by atoms with E-state index < -0.39 is 82.8 Å². The highest BCUT2D eigenvalue weighted by atomic mass is 16.6. The van der Waals surface area contributed by atoms with Gasteiger partial charge in [0.2, 0.25) is 5.91 Å². The summed E-state index contributed by atoms with van der Waals surface area (Å²) in [7, 11) is 3.03. The number of ketones is 1. The summed E-state index contributed by atoms with van der Waals surface area (Å²) >= 11 is 0. The Morgan fingerprint density at radius 2 is 1.74 bits per heavy atom. The number of ether oxygens (including phenoxy) is 3. The molecule has 0 spiro atoms. The molecule has 2 fully saturated rings. The number of aliphatic hydroxyl groups is 4. The van der Waals surface area contributed by atoms with Crippen LogP contribution in [0.15, 0.2) is 101 Å². The minimum absolute atomic E-state index is 0.104. The highest BCUT2D eigenvalue weighted by Crippen LogP contribution is 2.44. The molecule has 0 saturated carbocycles. The van der Waals surface area contributed by atoms with E-state index in [1.54, 1.807) is 62.6 Å². The van der Waals surface area contributed by atoms with Gasteiger partial charge in [0.15, 0.2) is 11.6 Å². The molecule has 10 atom stereocenters.